The van der Waals surface area contributed by atoms with E-state index < -0.39 is 0 Å². The Bertz CT molecular complexity index is 921. The summed E-state index contributed by atoms with van der Waals surface area (Å²) in [6, 6.07) is 8.96. The Labute approximate surface area is 158 Å². The van der Waals surface area contributed by atoms with Gasteiger partial charge in [0.1, 0.15) is 0 Å². The molecule has 0 spiro atoms. The van der Waals surface area contributed by atoms with E-state index in [-0.39, 0.29) is 10.8 Å². The number of aromatic nitrogens is 1. The normalized spacial score (nSPS) is 18.4. The van der Waals surface area contributed by atoms with Gasteiger partial charge < -0.3 is 5.32 Å². The first kappa shape index (κ1) is 18.7. The highest BCUT2D eigenvalue weighted by atomic mass is 14.8. The van der Waals surface area contributed by atoms with Crippen molar-refractivity contribution in [2.75, 3.05) is 7.05 Å². The van der Waals surface area contributed by atoms with Gasteiger partial charge in [0.25, 0.3) is 0 Å². The molecule has 1 aliphatic rings. The number of rotatable bonds is 2. The van der Waals surface area contributed by atoms with E-state index in [1.54, 1.807) is 0 Å². The summed E-state index contributed by atoms with van der Waals surface area (Å²) in [6.07, 6.45) is 3.20. The van der Waals surface area contributed by atoms with Crippen LogP contribution in [0.2, 0.25) is 0 Å². The van der Waals surface area contributed by atoms with Crippen molar-refractivity contribution in [2.24, 2.45) is 5.41 Å². The Kier molecular flexibility index (Phi) is 4.50. The van der Waals surface area contributed by atoms with E-state index in [1.165, 1.54) is 33.2 Å². The van der Waals surface area contributed by atoms with Gasteiger partial charge in [-0.25, -0.2) is 4.98 Å². The molecule has 1 aliphatic carbocycles. The standard InChI is InChI=1S/C24H32N2/c1-15-16(2)22-19(24(6,7)20(15)14-25-8)12-18-17(13-23(3,4)5)10-9-11-21(18)26-22/h9-12,14,25H,13H2,1-8H3/b20-14+. The lowest BCUT2D eigenvalue weighted by Gasteiger charge is -2.36. The Morgan fingerprint density at radius 1 is 1.12 bits per heavy atom. The summed E-state index contributed by atoms with van der Waals surface area (Å²) in [7, 11) is 1.97. The third-order valence-corrected chi connectivity index (χ3v) is 5.63. The van der Waals surface area contributed by atoms with E-state index in [4.69, 9.17) is 4.98 Å². The topological polar surface area (TPSA) is 24.9 Å². The number of hydrogen-bond acceptors (Lipinski definition) is 2. The molecule has 1 N–H and O–H groups in total. The SMILES string of the molecule is CN/C=C1\C(C)=C(C)c2nc3cccc(CC(C)(C)C)c3cc2C1(C)C. The van der Waals surface area contributed by atoms with Crippen LogP contribution in [-0.4, -0.2) is 12.0 Å². The highest BCUT2D eigenvalue weighted by molar-refractivity contribution is 5.88. The minimum absolute atomic E-state index is 0.0715. The van der Waals surface area contributed by atoms with Crippen molar-refractivity contribution in [3.05, 3.63) is 58.4 Å². The summed E-state index contributed by atoms with van der Waals surface area (Å²) in [6.45, 7) is 15.9. The lowest BCUT2D eigenvalue weighted by molar-refractivity contribution is 0.412. The molecule has 0 saturated carbocycles. The van der Waals surface area contributed by atoms with E-state index in [0.29, 0.717) is 0 Å². The molecule has 0 saturated heterocycles. The smallest absolute Gasteiger partial charge is 0.0712 e. The van der Waals surface area contributed by atoms with Gasteiger partial charge in [-0.15, -0.1) is 0 Å². The first-order valence-corrected chi connectivity index (χ1v) is 9.55. The molecule has 3 rings (SSSR count). The molecule has 0 radical (unpaired) electrons. The average molecular weight is 349 g/mol. The molecular formula is C24H32N2. The number of benzene rings is 1. The number of nitrogens with zero attached hydrogens (tertiary/aromatic N) is 1. The van der Waals surface area contributed by atoms with Crippen LogP contribution < -0.4 is 5.32 Å². The van der Waals surface area contributed by atoms with Crippen LogP contribution in [0.3, 0.4) is 0 Å². The van der Waals surface area contributed by atoms with Crippen LogP contribution in [0.1, 0.15) is 65.3 Å². The number of hydrogen-bond donors (Lipinski definition) is 1. The van der Waals surface area contributed by atoms with Crippen molar-refractivity contribution in [2.45, 2.75) is 60.3 Å². The van der Waals surface area contributed by atoms with Crippen molar-refractivity contribution in [3.8, 4) is 0 Å². The van der Waals surface area contributed by atoms with Gasteiger partial charge in [0, 0.05) is 24.0 Å². The molecule has 0 fully saturated rings. The average Bonchev–Trinajstić information content (AvgIpc) is 2.55. The van der Waals surface area contributed by atoms with Gasteiger partial charge in [-0.1, -0.05) is 46.8 Å². The summed E-state index contributed by atoms with van der Waals surface area (Å²) in [5, 5.41) is 4.53. The van der Waals surface area contributed by atoms with Gasteiger partial charge in [-0.05, 0) is 65.7 Å². The van der Waals surface area contributed by atoms with Crippen LogP contribution >= 0.6 is 0 Å². The fraction of sp³-hybridized carbons (Fsp3) is 0.458. The van der Waals surface area contributed by atoms with Gasteiger partial charge >= 0.3 is 0 Å². The molecule has 138 valence electrons. The lowest BCUT2D eigenvalue weighted by Crippen LogP contribution is -2.28. The van der Waals surface area contributed by atoms with E-state index in [9.17, 15) is 0 Å². The summed E-state index contributed by atoms with van der Waals surface area (Å²) < 4.78 is 0. The number of nitrogens with one attached hydrogen (secondary N) is 1. The molecule has 0 atom stereocenters. The monoisotopic (exact) mass is 348 g/mol. The molecule has 26 heavy (non-hydrogen) atoms. The predicted molar refractivity (Wildman–Crippen MR) is 113 cm³/mol. The van der Waals surface area contributed by atoms with Gasteiger partial charge in [0.15, 0.2) is 0 Å². The predicted octanol–water partition coefficient (Wildman–Crippen LogP) is 6.01. The largest absolute Gasteiger partial charge is 0.394 e. The third-order valence-electron chi connectivity index (χ3n) is 5.63. The Hall–Kier alpha value is -2.09. The van der Waals surface area contributed by atoms with Crippen molar-refractivity contribution in [1.29, 1.82) is 0 Å². The second-order valence-electron chi connectivity index (χ2n) is 9.33. The summed E-state index contributed by atoms with van der Waals surface area (Å²) >= 11 is 0. The maximum Gasteiger partial charge on any atom is 0.0712 e. The zero-order valence-corrected chi connectivity index (χ0v) is 17.5. The molecule has 0 aliphatic heterocycles. The second-order valence-corrected chi connectivity index (χ2v) is 9.33. The molecule has 2 nitrogen and oxygen atoms in total. The Balaban J connectivity index is 2.32. The van der Waals surface area contributed by atoms with Crippen molar-refractivity contribution in [1.82, 2.24) is 10.3 Å². The van der Waals surface area contributed by atoms with Gasteiger partial charge in [0.05, 0.1) is 11.2 Å². The molecule has 2 heteroatoms. The quantitative estimate of drug-likeness (QED) is 0.718. The van der Waals surface area contributed by atoms with Gasteiger partial charge in [-0.2, -0.15) is 0 Å². The molecule has 1 aromatic heterocycles. The van der Waals surface area contributed by atoms with Crippen LogP contribution in [0.15, 0.2) is 41.6 Å². The molecule has 1 heterocycles. The van der Waals surface area contributed by atoms with Gasteiger partial charge in [-0.3, -0.25) is 0 Å². The first-order chi connectivity index (χ1) is 12.1. The van der Waals surface area contributed by atoms with Crippen LogP contribution in [-0.2, 0) is 11.8 Å². The summed E-state index contributed by atoms with van der Waals surface area (Å²) in [5.41, 5.74) is 9.12. The van der Waals surface area contributed by atoms with Gasteiger partial charge in [0.2, 0.25) is 0 Å². The molecule has 2 aromatic rings. The molecule has 0 unspecified atom stereocenters. The third kappa shape index (κ3) is 3.06. The fourth-order valence-corrected chi connectivity index (χ4v) is 4.17. The molecule has 0 amide bonds. The van der Waals surface area contributed by atoms with Crippen molar-refractivity contribution >= 4 is 16.5 Å². The summed E-state index contributed by atoms with van der Waals surface area (Å²) in [5.74, 6) is 0. The van der Waals surface area contributed by atoms with Crippen LogP contribution in [0.25, 0.3) is 16.5 Å². The molecule has 1 aromatic carbocycles. The van der Waals surface area contributed by atoms with E-state index in [2.05, 4.69) is 84.2 Å². The first-order valence-electron chi connectivity index (χ1n) is 9.55. The van der Waals surface area contributed by atoms with Crippen LogP contribution in [0.4, 0.5) is 0 Å². The minimum atomic E-state index is -0.0715. The summed E-state index contributed by atoms with van der Waals surface area (Å²) in [4.78, 5) is 5.12. The Morgan fingerprint density at radius 2 is 1.81 bits per heavy atom. The van der Waals surface area contributed by atoms with E-state index in [0.717, 1.165) is 17.6 Å². The zero-order valence-electron chi connectivity index (χ0n) is 17.5. The number of pyridine rings is 1. The van der Waals surface area contributed by atoms with Crippen LogP contribution in [0.5, 0.6) is 0 Å². The van der Waals surface area contributed by atoms with Crippen molar-refractivity contribution in [3.63, 3.8) is 0 Å². The Morgan fingerprint density at radius 3 is 2.42 bits per heavy atom. The number of fused-ring (bicyclic) bond motifs is 2. The maximum absolute atomic E-state index is 5.12. The number of allylic oxidation sites excluding steroid dienone is 3. The highest BCUT2D eigenvalue weighted by Gasteiger charge is 2.35. The minimum Gasteiger partial charge on any atom is -0.394 e. The zero-order chi connectivity index (χ0) is 19.3. The van der Waals surface area contributed by atoms with Crippen LogP contribution in [0, 0.1) is 5.41 Å². The lowest BCUT2D eigenvalue weighted by atomic mass is 9.68. The van der Waals surface area contributed by atoms with E-state index >= 15 is 0 Å². The molecule has 0 bridgehead atoms. The fourth-order valence-electron chi connectivity index (χ4n) is 4.17. The highest BCUT2D eigenvalue weighted by Crippen LogP contribution is 2.46. The molecular weight excluding hydrogens is 316 g/mol. The van der Waals surface area contributed by atoms with E-state index in [1.807, 2.05) is 7.05 Å². The maximum atomic E-state index is 5.12. The van der Waals surface area contributed by atoms with Crippen molar-refractivity contribution < 1.29 is 0 Å². The second kappa shape index (κ2) is 6.26.